The zero-order chi connectivity index (χ0) is 15.0. The van der Waals surface area contributed by atoms with Crippen molar-refractivity contribution in [1.82, 2.24) is 10.6 Å². The van der Waals surface area contributed by atoms with E-state index in [9.17, 15) is 4.79 Å². The summed E-state index contributed by atoms with van der Waals surface area (Å²) in [6, 6.07) is 8.22. The maximum atomic E-state index is 11.5. The molecule has 0 radical (unpaired) electrons. The monoisotopic (exact) mass is 290 g/mol. The summed E-state index contributed by atoms with van der Waals surface area (Å²) in [5.74, 6) is 2.74. The van der Waals surface area contributed by atoms with E-state index in [4.69, 9.17) is 6.42 Å². The van der Waals surface area contributed by atoms with Gasteiger partial charge >= 0.3 is 0 Å². The number of rotatable bonds is 6. The molecular weight excluding hydrogens is 268 g/mol. The molecule has 0 unspecified atom stereocenters. The van der Waals surface area contributed by atoms with E-state index >= 15 is 0 Å². The van der Waals surface area contributed by atoms with Crippen molar-refractivity contribution < 1.29 is 4.79 Å². The summed E-state index contributed by atoms with van der Waals surface area (Å²) in [7, 11) is 0. The molecule has 108 valence electrons. The first-order valence-electron chi connectivity index (χ1n) is 6.57. The first kappa shape index (κ1) is 16.6. The molecule has 0 atom stereocenters. The molecule has 0 aliphatic carbocycles. The zero-order valence-electron chi connectivity index (χ0n) is 12.3. The molecule has 2 N–H and O–H groups in total. The third kappa shape index (κ3) is 7.22. The Kier molecular flexibility index (Phi) is 6.63. The molecule has 1 aromatic rings. The van der Waals surface area contributed by atoms with E-state index in [1.54, 1.807) is 0 Å². The first-order chi connectivity index (χ1) is 9.40. The highest BCUT2D eigenvalue weighted by atomic mass is 32.2. The molecule has 20 heavy (non-hydrogen) atoms. The molecule has 0 saturated heterocycles. The van der Waals surface area contributed by atoms with Crippen molar-refractivity contribution in [1.29, 1.82) is 0 Å². The lowest BCUT2D eigenvalue weighted by atomic mass is 10.1. The van der Waals surface area contributed by atoms with E-state index < -0.39 is 0 Å². The topological polar surface area (TPSA) is 41.1 Å². The Balaban J connectivity index is 2.48. The van der Waals surface area contributed by atoms with Crippen LogP contribution in [0.4, 0.5) is 0 Å². The number of carbonyl (C=O) groups excluding carboxylic acids is 1. The minimum atomic E-state index is -0.0360. The Labute approximate surface area is 125 Å². The molecule has 0 aliphatic rings. The summed E-state index contributed by atoms with van der Waals surface area (Å²) in [5.41, 5.74) is 1.31. The number of hydrogen-bond donors (Lipinski definition) is 2. The van der Waals surface area contributed by atoms with Crippen LogP contribution in [0, 0.1) is 12.3 Å². The fourth-order valence-corrected chi connectivity index (χ4v) is 2.27. The highest BCUT2D eigenvalue weighted by molar-refractivity contribution is 8.00. The van der Waals surface area contributed by atoms with E-state index in [-0.39, 0.29) is 18.0 Å². The molecular formula is C16H22N2OS. The number of benzene rings is 1. The molecule has 0 fully saturated rings. The molecule has 1 amide bonds. The summed E-state index contributed by atoms with van der Waals surface area (Å²) >= 11 is 1.52. The van der Waals surface area contributed by atoms with Gasteiger partial charge < -0.3 is 10.6 Å². The van der Waals surface area contributed by atoms with E-state index in [2.05, 4.69) is 49.5 Å². The van der Waals surface area contributed by atoms with Crippen molar-refractivity contribution >= 4 is 17.7 Å². The van der Waals surface area contributed by atoms with Gasteiger partial charge in [0.25, 0.3) is 0 Å². The van der Waals surface area contributed by atoms with Gasteiger partial charge in [-0.3, -0.25) is 4.79 Å². The van der Waals surface area contributed by atoms with Gasteiger partial charge in [-0.25, -0.2) is 0 Å². The molecule has 3 nitrogen and oxygen atoms in total. The van der Waals surface area contributed by atoms with Crippen LogP contribution in [-0.4, -0.2) is 23.7 Å². The number of nitrogens with one attached hydrogen (secondary N) is 2. The van der Waals surface area contributed by atoms with Gasteiger partial charge in [0.05, 0.1) is 12.3 Å². The summed E-state index contributed by atoms with van der Waals surface area (Å²) in [6.07, 6.45) is 5.09. The second kappa shape index (κ2) is 7.98. The quantitative estimate of drug-likeness (QED) is 0.624. The second-order valence-corrected chi connectivity index (χ2v) is 6.57. The largest absolute Gasteiger partial charge is 0.344 e. The van der Waals surface area contributed by atoms with Crippen molar-refractivity contribution in [2.45, 2.75) is 37.8 Å². The predicted octanol–water partition coefficient (Wildman–Crippen LogP) is 2.42. The molecule has 0 bridgehead atoms. The molecule has 0 saturated carbocycles. The van der Waals surface area contributed by atoms with Crippen molar-refractivity contribution in [2.24, 2.45) is 0 Å². The van der Waals surface area contributed by atoms with E-state index in [1.165, 1.54) is 17.3 Å². The molecule has 1 rings (SSSR count). The Morgan fingerprint density at radius 2 is 2.15 bits per heavy atom. The van der Waals surface area contributed by atoms with Crippen LogP contribution in [0.25, 0.3) is 0 Å². The highest BCUT2D eigenvalue weighted by Gasteiger charge is 2.08. The van der Waals surface area contributed by atoms with Crippen molar-refractivity contribution in [3.05, 3.63) is 29.8 Å². The van der Waals surface area contributed by atoms with Gasteiger partial charge in [-0.05, 0) is 38.5 Å². The Morgan fingerprint density at radius 1 is 1.40 bits per heavy atom. The molecule has 0 aliphatic heterocycles. The van der Waals surface area contributed by atoms with Crippen molar-refractivity contribution in [3.63, 3.8) is 0 Å². The van der Waals surface area contributed by atoms with Crippen molar-refractivity contribution in [2.75, 3.05) is 12.3 Å². The van der Waals surface area contributed by atoms with Gasteiger partial charge in [-0.2, -0.15) is 0 Å². The molecule has 1 aromatic carbocycles. The summed E-state index contributed by atoms with van der Waals surface area (Å²) < 4.78 is 0. The number of amides is 1. The summed E-state index contributed by atoms with van der Waals surface area (Å²) in [4.78, 5) is 12.6. The zero-order valence-corrected chi connectivity index (χ0v) is 13.1. The average molecular weight is 290 g/mol. The van der Waals surface area contributed by atoms with Gasteiger partial charge in [-0.15, -0.1) is 18.2 Å². The predicted molar refractivity (Wildman–Crippen MR) is 85.6 cm³/mol. The van der Waals surface area contributed by atoms with Crippen LogP contribution in [0.1, 0.15) is 26.3 Å². The summed E-state index contributed by atoms with van der Waals surface area (Å²) in [5, 5.41) is 6.10. The van der Waals surface area contributed by atoms with Gasteiger partial charge in [0.15, 0.2) is 0 Å². The maximum absolute atomic E-state index is 11.5. The lowest BCUT2D eigenvalue weighted by Crippen LogP contribution is -2.35. The average Bonchev–Trinajstić information content (AvgIpc) is 2.40. The molecule has 0 heterocycles. The van der Waals surface area contributed by atoms with Crippen LogP contribution < -0.4 is 10.6 Å². The Bertz CT molecular complexity index is 486. The van der Waals surface area contributed by atoms with Crippen LogP contribution in [0.3, 0.4) is 0 Å². The minimum absolute atomic E-state index is 0.0360. The van der Waals surface area contributed by atoms with Crippen LogP contribution in [0.2, 0.25) is 0 Å². The maximum Gasteiger partial charge on any atom is 0.231 e. The highest BCUT2D eigenvalue weighted by Crippen LogP contribution is 2.19. The fourth-order valence-electron chi connectivity index (χ4n) is 1.46. The Morgan fingerprint density at radius 3 is 2.80 bits per heavy atom. The summed E-state index contributed by atoms with van der Waals surface area (Å²) in [6.45, 7) is 7.53. The van der Waals surface area contributed by atoms with Gasteiger partial charge in [-0.1, -0.05) is 18.1 Å². The SMILES string of the molecule is C#CCNC(=O)CSc1cccc(CNC(C)(C)C)c1. The number of carbonyl (C=O) groups is 1. The number of hydrogen-bond acceptors (Lipinski definition) is 3. The second-order valence-electron chi connectivity index (χ2n) is 5.52. The van der Waals surface area contributed by atoms with E-state index in [0.717, 1.165) is 11.4 Å². The van der Waals surface area contributed by atoms with Crippen LogP contribution in [-0.2, 0) is 11.3 Å². The smallest absolute Gasteiger partial charge is 0.231 e. The van der Waals surface area contributed by atoms with Crippen LogP contribution >= 0.6 is 11.8 Å². The number of terminal acetylenes is 1. The third-order valence-corrected chi connectivity index (χ3v) is 3.47. The Hall–Kier alpha value is -1.44. The van der Waals surface area contributed by atoms with Crippen LogP contribution in [0.15, 0.2) is 29.2 Å². The molecule has 4 heteroatoms. The third-order valence-electron chi connectivity index (χ3n) is 2.48. The van der Waals surface area contributed by atoms with Gasteiger partial charge in [0.1, 0.15) is 0 Å². The first-order valence-corrected chi connectivity index (χ1v) is 7.56. The fraction of sp³-hybridized carbons (Fsp3) is 0.438. The van der Waals surface area contributed by atoms with Gasteiger partial charge in [0.2, 0.25) is 5.91 Å². The minimum Gasteiger partial charge on any atom is -0.344 e. The molecule has 0 aromatic heterocycles. The van der Waals surface area contributed by atoms with Gasteiger partial charge in [0, 0.05) is 17.0 Å². The lowest BCUT2D eigenvalue weighted by Gasteiger charge is -2.20. The number of thioether (sulfide) groups is 1. The normalized spacial score (nSPS) is 10.9. The van der Waals surface area contributed by atoms with E-state index in [1.807, 2.05) is 12.1 Å². The van der Waals surface area contributed by atoms with E-state index in [0.29, 0.717) is 5.75 Å². The van der Waals surface area contributed by atoms with Crippen molar-refractivity contribution in [3.8, 4) is 12.3 Å². The van der Waals surface area contributed by atoms with Crippen LogP contribution in [0.5, 0.6) is 0 Å². The standard InChI is InChI=1S/C16H22N2OS/c1-5-9-17-15(19)12-20-14-8-6-7-13(10-14)11-18-16(2,3)4/h1,6-8,10,18H,9,11-12H2,2-4H3,(H,17,19). The lowest BCUT2D eigenvalue weighted by molar-refractivity contribution is -0.118. The molecule has 0 spiro atoms.